The highest BCUT2D eigenvalue weighted by molar-refractivity contribution is 7.80. The number of thiocarbonyl (C=S) groups is 1. The lowest BCUT2D eigenvalue weighted by Crippen LogP contribution is -2.36. The molecule has 0 aliphatic heterocycles. The molecule has 1 atom stereocenters. The topological polar surface area (TPSA) is 47.8 Å². The van der Waals surface area contributed by atoms with Crippen LogP contribution in [0.4, 0.5) is 0 Å². The second-order valence-corrected chi connectivity index (χ2v) is 3.87. The molecule has 0 spiro atoms. The van der Waals surface area contributed by atoms with E-state index in [0.717, 1.165) is 12.1 Å². The van der Waals surface area contributed by atoms with Gasteiger partial charge in [0.1, 0.15) is 0 Å². The summed E-state index contributed by atoms with van der Waals surface area (Å²) in [6.07, 6.45) is 0. The van der Waals surface area contributed by atoms with Gasteiger partial charge in [0.15, 0.2) is 5.11 Å². The van der Waals surface area contributed by atoms with Gasteiger partial charge in [-0.2, -0.15) is 5.26 Å². The van der Waals surface area contributed by atoms with Crippen molar-refractivity contribution in [1.29, 1.82) is 5.26 Å². The fourth-order valence-electron chi connectivity index (χ4n) is 1.34. The Hall–Kier alpha value is -1.60. The fourth-order valence-corrected chi connectivity index (χ4v) is 1.66. The van der Waals surface area contributed by atoms with Crippen LogP contribution in [0, 0.1) is 11.3 Å². The van der Waals surface area contributed by atoms with Crippen LogP contribution in [-0.2, 0) is 0 Å². The lowest BCUT2D eigenvalue weighted by atomic mass is 10.1. The Morgan fingerprint density at radius 3 is 2.56 bits per heavy atom. The minimum absolute atomic E-state index is 0.138. The van der Waals surface area contributed by atoms with Gasteiger partial charge in [-0.25, -0.2) is 0 Å². The monoisotopic (exact) mass is 233 g/mol. The highest BCUT2D eigenvalue weighted by Gasteiger charge is 2.05. The molecule has 4 heteroatoms. The highest BCUT2D eigenvalue weighted by atomic mass is 32.1. The summed E-state index contributed by atoms with van der Waals surface area (Å²) in [4.78, 5) is 0. The maximum absolute atomic E-state index is 8.69. The summed E-state index contributed by atoms with van der Waals surface area (Å²) in [5, 5.41) is 15.5. The summed E-state index contributed by atoms with van der Waals surface area (Å²) in [5.41, 5.74) is 1.78. The van der Waals surface area contributed by atoms with Crippen LogP contribution in [0.5, 0.6) is 0 Å². The van der Waals surface area contributed by atoms with Crippen LogP contribution in [0.1, 0.15) is 31.0 Å². The lowest BCUT2D eigenvalue weighted by molar-refractivity contribution is 0.702. The molecule has 16 heavy (non-hydrogen) atoms. The molecule has 0 saturated carbocycles. The van der Waals surface area contributed by atoms with E-state index in [1.54, 1.807) is 0 Å². The zero-order valence-corrected chi connectivity index (χ0v) is 10.3. The number of rotatable bonds is 3. The van der Waals surface area contributed by atoms with E-state index >= 15 is 0 Å². The van der Waals surface area contributed by atoms with Gasteiger partial charge in [-0.1, -0.05) is 12.1 Å². The van der Waals surface area contributed by atoms with E-state index in [1.165, 1.54) is 0 Å². The largest absolute Gasteiger partial charge is 0.363 e. The van der Waals surface area contributed by atoms with E-state index in [9.17, 15) is 0 Å². The van der Waals surface area contributed by atoms with Gasteiger partial charge in [-0.15, -0.1) is 0 Å². The van der Waals surface area contributed by atoms with E-state index in [0.29, 0.717) is 10.7 Å². The molecular weight excluding hydrogens is 218 g/mol. The van der Waals surface area contributed by atoms with Gasteiger partial charge in [-0.3, -0.25) is 0 Å². The molecule has 0 fully saturated rings. The van der Waals surface area contributed by atoms with Crippen molar-refractivity contribution in [3.05, 3.63) is 35.4 Å². The van der Waals surface area contributed by atoms with Crippen molar-refractivity contribution in [3.63, 3.8) is 0 Å². The average Bonchev–Trinajstić information content (AvgIpc) is 2.29. The third kappa shape index (κ3) is 3.52. The SMILES string of the molecule is CCNC(=S)N[C@@H](C)c1ccc(C#N)cc1. The number of hydrogen-bond donors (Lipinski definition) is 2. The first kappa shape index (κ1) is 12.5. The minimum Gasteiger partial charge on any atom is -0.363 e. The first-order chi connectivity index (χ1) is 7.67. The minimum atomic E-state index is 0.138. The Balaban J connectivity index is 2.63. The summed E-state index contributed by atoms with van der Waals surface area (Å²) in [6.45, 7) is 4.84. The molecule has 1 rings (SSSR count). The van der Waals surface area contributed by atoms with Gasteiger partial charge < -0.3 is 10.6 Å². The third-order valence-electron chi connectivity index (χ3n) is 2.22. The second kappa shape index (κ2) is 6.09. The predicted octanol–water partition coefficient (Wildman–Crippen LogP) is 2.10. The van der Waals surface area contributed by atoms with Crippen molar-refractivity contribution >= 4 is 17.3 Å². The maximum atomic E-state index is 8.69. The smallest absolute Gasteiger partial charge is 0.166 e. The summed E-state index contributed by atoms with van der Waals surface area (Å²) in [5.74, 6) is 0. The molecule has 0 aromatic heterocycles. The van der Waals surface area contributed by atoms with E-state index in [2.05, 4.69) is 16.7 Å². The first-order valence-electron chi connectivity index (χ1n) is 5.21. The van der Waals surface area contributed by atoms with Crippen molar-refractivity contribution in [3.8, 4) is 6.07 Å². The van der Waals surface area contributed by atoms with Gasteiger partial charge in [0.05, 0.1) is 17.7 Å². The van der Waals surface area contributed by atoms with Crippen LogP contribution in [0.25, 0.3) is 0 Å². The van der Waals surface area contributed by atoms with E-state index < -0.39 is 0 Å². The van der Waals surface area contributed by atoms with E-state index in [-0.39, 0.29) is 6.04 Å². The zero-order chi connectivity index (χ0) is 12.0. The van der Waals surface area contributed by atoms with Gasteiger partial charge in [0, 0.05) is 6.54 Å². The van der Waals surface area contributed by atoms with Crippen LogP contribution in [0.15, 0.2) is 24.3 Å². The van der Waals surface area contributed by atoms with Crippen LogP contribution >= 0.6 is 12.2 Å². The Morgan fingerprint density at radius 2 is 2.06 bits per heavy atom. The Morgan fingerprint density at radius 1 is 1.44 bits per heavy atom. The van der Waals surface area contributed by atoms with E-state index in [1.807, 2.05) is 38.1 Å². The van der Waals surface area contributed by atoms with Crippen LogP contribution in [-0.4, -0.2) is 11.7 Å². The molecule has 0 amide bonds. The molecule has 0 unspecified atom stereocenters. The van der Waals surface area contributed by atoms with Crippen LogP contribution in [0.2, 0.25) is 0 Å². The zero-order valence-electron chi connectivity index (χ0n) is 9.45. The van der Waals surface area contributed by atoms with Crippen molar-refractivity contribution in [2.45, 2.75) is 19.9 Å². The number of benzene rings is 1. The number of nitriles is 1. The summed E-state index contributed by atoms with van der Waals surface area (Å²) >= 11 is 5.10. The molecule has 3 nitrogen and oxygen atoms in total. The second-order valence-electron chi connectivity index (χ2n) is 3.46. The Labute approximate surface area is 101 Å². The number of nitrogens with one attached hydrogen (secondary N) is 2. The maximum Gasteiger partial charge on any atom is 0.166 e. The standard InChI is InChI=1S/C12H15N3S/c1-3-14-12(16)15-9(2)11-6-4-10(8-13)5-7-11/h4-7,9H,3H2,1-2H3,(H2,14,15,16)/t9-/m0/s1. The molecular formula is C12H15N3S. The third-order valence-corrected chi connectivity index (χ3v) is 2.49. The molecule has 0 aliphatic rings. The number of nitrogens with zero attached hydrogens (tertiary/aromatic N) is 1. The van der Waals surface area contributed by atoms with Crippen molar-refractivity contribution < 1.29 is 0 Å². The lowest BCUT2D eigenvalue weighted by Gasteiger charge is -2.16. The van der Waals surface area contributed by atoms with Crippen LogP contribution in [0.3, 0.4) is 0 Å². The molecule has 1 aromatic rings. The van der Waals surface area contributed by atoms with Crippen molar-refractivity contribution in [1.82, 2.24) is 10.6 Å². The normalized spacial score (nSPS) is 11.3. The quantitative estimate of drug-likeness (QED) is 0.785. The number of hydrogen-bond acceptors (Lipinski definition) is 2. The average molecular weight is 233 g/mol. The van der Waals surface area contributed by atoms with Crippen LogP contribution < -0.4 is 10.6 Å². The molecule has 0 aliphatic carbocycles. The van der Waals surface area contributed by atoms with Crippen molar-refractivity contribution in [2.75, 3.05) is 6.54 Å². The summed E-state index contributed by atoms with van der Waals surface area (Å²) in [7, 11) is 0. The summed E-state index contributed by atoms with van der Waals surface area (Å²) < 4.78 is 0. The molecule has 0 saturated heterocycles. The molecule has 0 bridgehead atoms. The first-order valence-corrected chi connectivity index (χ1v) is 5.62. The molecule has 0 heterocycles. The Bertz CT molecular complexity index is 392. The van der Waals surface area contributed by atoms with E-state index in [4.69, 9.17) is 17.5 Å². The van der Waals surface area contributed by atoms with Gasteiger partial charge in [0.25, 0.3) is 0 Å². The van der Waals surface area contributed by atoms with Crippen molar-refractivity contribution in [2.24, 2.45) is 0 Å². The van der Waals surface area contributed by atoms with Gasteiger partial charge >= 0.3 is 0 Å². The van der Waals surface area contributed by atoms with Gasteiger partial charge in [-0.05, 0) is 43.8 Å². The molecule has 84 valence electrons. The fraction of sp³-hybridized carbons (Fsp3) is 0.333. The predicted molar refractivity (Wildman–Crippen MR) is 69.0 cm³/mol. The molecule has 0 radical (unpaired) electrons. The molecule has 1 aromatic carbocycles. The van der Waals surface area contributed by atoms with Gasteiger partial charge in [0.2, 0.25) is 0 Å². The molecule has 2 N–H and O–H groups in total. The Kier molecular flexibility index (Phi) is 4.74. The summed E-state index contributed by atoms with van der Waals surface area (Å²) in [6, 6.07) is 9.72. The highest BCUT2D eigenvalue weighted by Crippen LogP contribution is 2.12.